The molecule has 3 rings (SSSR count). The lowest BCUT2D eigenvalue weighted by molar-refractivity contribution is -0.126. The van der Waals surface area contributed by atoms with Crippen molar-refractivity contribution in [2.45, 2.75) is 13.2 Å². The number of rotatable bonds is 8. The maximum Gasteiger partial charge on any atom is 0.246 e. The van der Waals surface area contributed by atoms with Gasteiger partial charge in [-0.05, 0) is 42.0 Å². The number of aromatic nitrogens is 1. The summed E-state index contributed by atoms with van der Waals surface area (Å²) in [6.07, 6.45) is 0. The Morgan fingerprint density at radius 1 is 1.15 bits per heavy atom. The van der Waals surface area contributed by atoms with Gasteiger partial charge in [0.2, 0.25) is 5.91 Å². The summed E-state index contributed by atoms with van der Waals surface area (Å²) in [6, 6.07) is 15.0. The average Bonchev–Trinajstić information content (AvgIpc) is 3.16. The van der Waals surface area contributed by atoms with Crippen molar-refractivity contribution < 1.29 is 23.2 Å². The number of nitrogens with zero attached hydrogens (tertiary/aromatic N) is 1. The summed E-state index contributed by atoms with van der Waals surface area (Å²) in [5, 5.41) is 6.66. The molecule has 0 atom stereocenters. The molecule has 1 amide bonds. The van der Waals surface area contributed by atoms with Crippen molar-refractivity contribution in [3.05, 3.63) is 71.7 Å². The minimum absolute atomic E-state index is 0.0884. The van der Waals surface area contributed by atoms with Gasteiger partial charge in [-0.25, -0.2) is 4.39 Å². The molecule has 0 saturated carbocycles. The molecule has 1 N–H and O–H groups in total. The molecule has 140 valence electrons. The Balaban J connectivity index is 1.41. The van der Waals surface area contributed by atoms with E-state index in [4.69, 9.17) is 14.0 Å². The SMILES string of the molecule is COc1ccc(CNC(=O)COCc2cc(-c3ccc(F)cc3)on2)cc1. The average molecular weight is 370 g/mol. The van der Waals surface area contributed by atoms with Crippen LogP contribution in [0.25, 0.3) is 11.3 Å². The number of halogens is 1. The van der Waals surface area contributed by atoms with Crippen molar-refractivity contribution in [2.24, 2.45) is 0 Å². The van der Waals surface area contributed by atoms with Crippen LogP contribution in [0.1, 0.15) is 11.3 Å². The summed E-state index contributed by atoms with van der Waals surface area (Å²) in [5.41, 5.74) is 2.23. The highest BCUT2D eigenvalue weighted by Crippen LogP contribution is 2.20. The van der Waals surface area contributed by atoms with Crippen molar-refractivity contribution in [3.8, 4) is 17.1 Å². The largest absolute Gasteiger partial charge is 0.497 e. The fourth-order valence-corrected chi connectivity index (χ4v) is 2.37. The van der Waals surface area contributed by atoms with E-state index in [1.54, 1.807) is 25.3 Å². The summed E-state index contributed by atoms with van der Waals surface area (Å²) in [5.74, 6) is 0.731. The van der Waals surface area contributed by atoms with Crippen molar-refractivity contribution >= 4 is 5.91 Å². The summed E-state index contributed by atoms with van der Waals surface area (Å²) >= 11 is 0. The van der Waals surface area contributed by atoms with E-state index in [1.165, 1.54) is 12.1 Å². The molecule has 27 heavy (non-hydrogen) atoms. The quantitative estimate of drug-likeness (QED) is 0.658. The highest BCUT2D eigenvalue weighted by Gasteiger charge is 2.08. The molecule has 0 spiro atoms. The minimum atomic E-state index is -0.317. The summed E-state index contributed by atoms with van der Waals surface area (Å²) in [6.45, 7) is 0.459. The van der Waals surface area contributed by atoms with E-state index in [9.17, 15) is 9.18 Å². The van der Waals surface area contributed by atoms with E-state index in [0.717, 1.165) is 11.3 Å². The first kappa shape index (κ1) is 18.6. The molecule has 6 nitrogen and oxygen atoms in total. The van der Waals surface area contributed by atoms with Crippen LogP contribution >= 0.6 is 0 Å². The van der Waals surface area contributed by atoms with Crippen molar-refractivity contribution in [2.75, 3.05) is 13.7 Å². The lowest BCUT2D eigenvalue weighted by Crippen LogP contribution is -2.27. The Labute approximate surface area is 155 Å². The highest BCUT2D eigenvalue weighted by atomic mass is 19.1. The molecule has 0 aliphatic rings. The zero-order chi connectivity index (χ0) is 19.1. The van der Waals surface area contributed by atoms with E-state index in [1.807, 2.05) is 24.3 Å². The standard InChI is InChI=1S/C20H19FN2O4/c1-25-18-8-2-14(3-9-18)11-22-20(24)13-26-12-17-10-19(27-23-17)15-4-6-16(21)7-5-15/h2-10H,11-13H2,1H3,(H,22,24). The minimum Gasteiger partial charge on any atom is -0.497 e. The number of nitrogens with one attached hydrogen (secondary N) is 1. The fourth-order valence-electron chi connectivity index (χ4n) is 2.37. The van der Waals surface area contributed by atoms with Crippen LogP contribution in [-0.2, 0) is 22.7 Å². The van der Waals surface area contributed by atoms with Crippen LogP contribution in [0.5, 0.6) is 5.75 Å². The van der Waals surface area contributed by atoms with E-state index >= 15 is 0 Å². The lowest BCUT2D eigenvalue weighted by atomic mass is 10.1. The van der Waals surface area contributed by atoms with Crippen LogP contribution in [0.4, 0.5) is 4.39 Å². The van der Waals surface area contributed by atoms with Crippen LogP contribution in [0.2, 0.25) is 0 Å². The Morgan fingerprint density at radius 3 is 2.59 bits per heavy atom. The number of hydrogen-bond acceptors (Lipinski definition) is 5. The molecule has 0 bridgehead atoms. The smallest absolute Gasteiger partial charge is 0.246 e. The van der Waals surface area contributed by atoms with Gasteiger partial charge in [-0.15, -0.1) is 0 Å². The first-order valence-corrected chi connectivity index (χ1v) is 8.33. The number of methoxy groups -OCH3 is 1. The van der Waals surface area contributed by atoms with Gasteiger partial charge in [-0.2, -0.15) is 0 Å². The third-order valence-corrected chi connectivity index (χ3v) is 3.82. The predicted molar refractivity (Wildman–Crippen MR) is 96.4 cm³/mol. The Bertz CT molecular complexity index is 876. The topological polar surface area (TPSA) is 73.6 Å². The molecular weight excluding hydrogens is 351 g/mol. The van der Waals surface area contributed by atoms with Gasteiger partial charge in [0.05, 0.1) is 13.7 Å². The molecular formula is C20H19FN2O4. The van der Waals surface area contributed by atoms with Gasteiger partial charge in [0, 0.05) is 18.2 Å². The van der Waals surface area contributed by atoms with Crippen molar-refractivity contribution in [1.29, 1.82) is 0 Å². The van der Waals surface area contributed by atoms with Gasteiger partial charge in [0.15, 0.2) is 5.76 Å². The third kappa shape index (κ3) is 5.39. The normalized spacial score (nSPS) is 10.6. The summed E-state index contributed by atoms with van der Waals surface area (Å²) in [7, 11) is 1.60. The number of hydrogen-bond donors (Lipinski definition) is 1. The predicted octanol–water partition coefficient (Wildman–Crippen LogP) is 3.32. The van der Waals surface area contributed by atoms with Crippen LogP contribution in [0, 0.1) is 5.82 Å². The second-order valence-corrected chi connectivity index (χ2v) is 5.81. The molecule has 0 fully saturated rings. The van der Waals surface area contributed by atoms with E-state index < -0.39 is 0 Å². The molecule has 0 aliphatic carbocycles. The third-order valence-electron chi connectivity index (χ3n) is 3.82. The van der Waals surface area contributed by atoms with Crippen LogP contribution in [0.3, 0.4) is 0 Å². The van der Waals surface area contributed by atoms with Crippen LogP contribution in [-0.4, -0.2) is 24.8 Å². The maximum atomic E-state index is 12.9. The van der Waals surface area contributed by atoms with Crippen LogP contribution in [0.15, 0.2) is 59.1 Å². The second-order valence-electron chi connectivity index (χ2n) is 5.81. The zero-order valence-electron chi connectivity index (χ0n) is 14.8. The van der Waals surface area contributed by atoms with E-state index in [-0.39, 0.29) is 24.9 Å². The molecule has 0 saturated heterocycles. The maximum absolute atomic E-state index is 12.9. The number of amides is 1. The summed E-state index contributed by atoms with van der Waals surface area (Å²) < 4.78 is 28.6. The first-order valence-electron chi connectivity index (χ1n) is 8.33. The molecule has 0 unspecified atom stereocenters. The number of ether oxygens (including phenoxy) is 2. The van der Waals surface area contributed by atoms with Gasteiger partial charge in [0.1, 0.15) is 23.9 Å². The fraction of sp³-hybridized carbons (Fsp3) is 0.200. The van der Waals surface area contributed by atoms with Gasteiger partial charge in [-0.1, -0.05) is 17.3 Å². The van der Waals surface area contributed by atoms with Gasteiger partial charge < -0.3 is 19.3 Å². The molecule has 1 heterocycles. The Kier molecular flexibility index (Phi) is 6.17. The lowest BCUT2D eigenvalue weighted by Gasteiger charge is -2.06. The molecule has 0 aliphatic heterocycles. The van der Waals surface area contributed by atoms with Gasteiger partial charge in [0.25, 0.3) is 0 Å². The summed E-state index contributed by atoms with van der Waals surface area (Å²) in [4.78, 5) is 11.8. The monoisotopic (exact) mass is 370 g/mol. The second kappa shape index (κ2) is 8.95. The highest BCUT2D eigenvalue weighted by molar-refractivity contribution is 5.77. The Morgan fingerprint density at radius 2 is 1.89 bits per heavy atom. The molecule has 3 aromatic rings. The number of carbonyl (C=O) groups excluding carboxylic acids is 1. The first-order chi connectivity index (χ1) is 13.1. The number of benzene rings is 2. The van der Waals surface area contributed by atoms with Crippen molar-refractivity contribution in [3.63, 3.8) is 0 Å². The van der Waals surface area contributed by atoms with Gasteiger partial charge in [-0.3, -0.25) is 4.79 Å². The molecule has 1 aromatic heterocycles. The van der Waals surface area contributed by atoms with E-state index in [0.29, 0.717) is 23.6 Å². The van der Waals surface area contributed by atoms with E-state index in [2.05, 4.69) is 10.5 Å². The molecule has 0 radical (unpaired) electrons. The Hall–Kier alpha value is -3.19. The van der Waals surface area contributed by atoms with Crippen molar-refractivity contribution in [1.82, 2.24) is 10.5 Å². The number of carbonyl (C=O) groups is 1. The molecule has 2 aromatic carbocycles. The zero-order valence-corrected chi connectivity index (χ0v) is 14.8. The molecule has 7 heteroatoms. The van der Waals surface area contributed by atoms with Gasteiger partial charge >= 0.3 is 0 Å². The van der Waals surface area contributed by atoms with Crippen LogP contribution < -0.4 is 10.1 Å².